The van der Waals surface area contributed by atoms with Gasteiger partial charge in [0.05, 0.1) is 23.0 Å². The van der Waals surface area contributed by atoms with Crippen LogP contribution in [0.25, 0.3) is 0 Å². The van der Waals surface area contributed by atoms with Crippen molar-refractivity contribution in [1.29, 1.82) is 0 Å². The first kappa shape index (κ1) is 32.5. The predicted molar refractivity (Wildman–Crippen MR) is 153 cm³/mol. The van der Waals surface area contributed by atoms with Crippen LogP contribution in [-0.2, 0) is 27.2 Å². The average molecular weight is 554 g/mol. The van der Waals surface area contributed by atoms with Gasteiger partial charge in [0.15, 0.2) is 0 Å². The first-order valence-corrected chi connectivity index (χ1v) is 14.0. The molecule has 0 saturated heterocycles. The van der Waals surface area contributed by atoms with Gasteiger partial charge in [0, 0.05) is 6.54 Å². The summed E-state index contributed by atoms with van der Waals surface area (Å²) in [6, 6.07) is 14.2. The molecule has 0 bridgehead atoms. The summed E-state index contributed by atoms with van der Waals surface area (Å²) < 4.78 is 5.61. The zero-order valence-electron chi connectivity index (χ0n) is 24.1. The van der Waals surface area contributed by atoms with E-state index in [-0.39, 0.29) is 17.5 Å². The summed E-state index contributed by atoms with van der Waals surface area (Å²) in [7, 11) is 0. The van der Waals surface area contributed by atoms with Gasteiger partial charge < -0.3 is 20.3 Å². The van der Waals surface area contributed by atoms with Gasteiger partial charge in [-0.25, -0.2) is 4.79 Å². The van der Waals surface area contributed by atoms with Gasteiger partial charge in [-0.3, -0.25) is 14.4 Å². The fourth-order valence-corrected chi connectivity index (χ4v) is 4.59. The van der Waals surface area contributed by atoms with Crippen LogP contribution in [0.1, 0.15) is 98.1 Å². The Balaban J connectivity index is 1.97. The highest BCUT2D eigenvalue weighted by Crippen LogP contribution is 2.26. The van der Waals surface area contributed by atoms with Crippen molar-refractivity contribution < 1.29 is 34.1 Å². The van der Waals surface area contributed by atoms with Gasteiger partial charge >= 0.3 is 17.9 Å². The van der Waals surface area contributed by atoms with E-state index in [2.05, 4.69) is 24.4 Å². The third kappa shape index (κ3) is 11.2. The van der Waals surface area contributed by atoms with Crippen LogP contribution in [0.4, 0.5) is 0 Å². The van der Waals surface area contributed by atoms with Gasteiger partial charge in [-0.15, -0.1) is 0 Å². The van der Waals surface area contributed by atoms with E-state index >= 15 is 0 Å². The van der Waals surface area contributed by atoms with Crippen LogP contribution < -0.4 is 5.32 Å². The third-order valence-corrected chi connectivity index (χ3v) is 6.67. The van der Waals surface area contributed by atoms with E-state index in [9.17, 15) is 29.4 Å². The lowest BCUT2D eigenvalue weighted by molar-refractivity contribution is -0.161. The number of amides is 1. The molecule has 1 amide bonds. The summed E-state index contributed by atoms with van der Waals surface area (Å²) in [4.78, 5) is 49.0. The quantitative estimate of drug-likeness (QED) is 0.174. The third-order valence-electron chi connectivity index (χ3n) is 6.67. The molecule has 0 aliphatic rings. The zero-order valence-corrected chi connectivity index (χ0v) is 24.1. The number of ether oxygens (including phenoxy) is 1. The zero-order chi connectivity index (χ0) is 29.7. The van der Waals surface area contributed by atoms with Crippen molar-refractivity contribution in [2.75, 3.05) is 6.54 Å². The number of unbranched alkanes of at least 4 members (excludes halogenated alkanes) is 1. The highest BCUT2D eigenvalue weighted by atomic mass is 16.6. The molecule has 8 nitrogen and oxygen atoms in total. The molecular weight excluding hydrogens is 510 g/mol. The molecular formula is C32H43NO7. The molecule has 218 valence electrons. The second-order valence-electron chi connectivity index (χ2n) is 11.2. The molecule has 0 aliphatic heterocycles. The normalized spacial score (nSPS) is 12.8. The summed E-state index contributed by atoms with van der Waals surface area (Å²) in [5, 5.41) is 22.0. The summed E-state index contributed by atoms with van der Waals surface area (Å²) in [5.41, 5.74) is 1.65. The first-order chi connectivity index (χ1) is 18.9. The number of benzene rings is 2. The predicted octanol–water partition coefficient (Wildman–Crippen LogP) is 5.92. The van der Waals surface area contributed by atoms with Gasteiger partial charge in [-0.2, -0.15) is 0 Å². The maximum atomic E-state index is 13.0. The molecule has 0 radical (unpaired) electrons. The lowest BCUT2D eigenvalue weighted by Crippen LogP contribution is -2.31. The molecule has 2 aromatic rings. The van der Waals surface area contributed by atoms with Crippen LogP contribution in [0.15, 0.2) is 48.5 Å². The second kappa shape index (κ2) is 15.8. The van der Waals surface area contributed by atoms with Crippen LogP contribution in [0.5, 0.6) is 0 Å². The molecule has 0 heterocycles. The highest BCUT2D eigenvalue weighted by Gasteiger charge is 2.30. The number of nitrogens with one attached hydrogen (secondary N) is 1. The molecule has 0 aliphatic carbocycles. The first-order valence-electron chi connectivity index (χ1n) is 14.0. The molecule has 0 fully saturated rings. The molecule has 0 saturated carbocycles. The topological polar surface area (TPSA) is 130 Å². The molecule has 0 spiro atoms. The summed E-state index contributed by atoms with van der Waals surface area (Å²) in [5.74, 6) is -4.28. The second-order valence-corrected chi connectivity index (χ2v) is 11.2. The number of aromatic carboxylic acids is 1. The Hall–Kier alpha value is -3.68. The largest absolute Gasteiger partial charge is 0.481 e. The standard InChI is InChI=1S/C32H43NO7/c1-5-10-22-14-16-23(17-15-22)18-19-24(29(35)36)21-25(31(39)40-32(2,3)4)11-8-9-20-33-28(34)26-12-6-7-13-27(26)30(37)38/h6-7,12-17,24-25H,5,8-11,18-21H2,1-4H3,(H,33,34)(H,35,36)(H,37,38). The Morgan fingerprint density at radius 3 is 1.98 bits per heavy atom. The van der Waals surface area contributed by atoms with Gasteiger partial charge in [0.2, 0.25) is 0 Å². The molecule has 0 aromatic heterocycles. The number of esters is 1. The minimum absolute atomic E-state index is 0.0680. The monoisotopic (exact) mass is 553 g/mol. The number of hydrogen-bond donors (Lipinski definition) is 3. The molecule has 8 heteroatoms. The van der Waals surface area contributed by atoms with Gasteiger partial charge in [-0.1, -0.05) is 56.2 Å². The smallest absolute Gasteiger partial charge is 0.336 e. The molecule has 3 N–H and O–H groups in total. The number of hydrogen-bond acceptors (Lipinski definition) is 5. The Morgan fingerprint density at radius 1 is 0.825 bits per heavy atom. The Labute approximate surface area is 237 Å². The minimum Gasteiger partial charge on any atom is -0.481 e. The van der Waals surface area contributed by atoms with Crippen molar-refractivity contribution in [2.24, 2.45) is 11.8 Å². The minimum atomic E-state index is -1.17. The number of aryl methyl sites for hydroxylation is 2. The van der Waals surface area contributed by atoms with E-state index < -0.39 is 41.3 Å². The number of carbonyl (C=O) groups is 4. The number of aliphatic carboxylic acids is 1. The van der Waals surface area contributed by atoms with Crippen molar-refractivity contribution in [1.82, 2.24) is 5.32 Å². The molecule has 2 rings (SSSR count). The summed E-state index contributed by atoms with van der Waals surface area (Å²) in [6.45, 7) is 7.77. The SMILES string of the molecule is CCCc1ccc(CCC(CC(CCCCNC(=O)c2ccccc2C(=O)O)C(=O)OC(C)(C)C)C(=O)O)cc1. The van der Waals surface area contributed by atoms with Crippen LogP contribution in [0, 0.1) is 11.8 Å². The molecule has 2 unspecified atom stereocenters. The van der Waals surface area contributed by atoms with Crippen molar-refractivity contribution in [3.05, 3.63) is 70.8 Å². The molecule has 40 heavy (non-hydrogen) atoms. The van der Waals surface area contributed by atoms with Crippen molar-refractivity contribution >= 4 is 23.8 Å². The van der Waals surface area contributed by atoms with E-state index in [1.165, 1.54) is 17.7 Å². The maximum absolute atomic E-state index is 13.0. The Bertz CT molecular complexity index is 1130. The maximum Gasteiger partial charge on any atom is 0.336 e. The van der Waals surface area contributed by atoms with Gasteiger partial charge in [0.25, 0.3) is 5.91 Å². The van der Waals surface area contributed by atoms with E-state index in [1.807, 2.05) is 12.1 Å². The lowest BCUT2D eigenvalue weighted by atomic mass is 9.86. The number of carbonyl (C=O) groups excluding carboxylic acids is 2. The fraction of sp³-hybridized carbons (Fsp3) is 0.500. The Morgan fingerprint density at radius 2 is 1.43 bits per heavy atom. The van der Waals surface area contributed by atoms with Crippen LogP contribution >= 0.6 is 0 Å². The van der Waals surface area contributed by atoms with Crippen molar-refractivity contribution in [3.8, 4) is 0 Å². The lowest BCUT2D eigenvalue weighted by Gasteiger charge is -2.25. The van der Waals surface area contributed by atoms with Crippen LogP contribution in [-0.4, -0.2) is 46.2 Å². The number of carboxylic acids is 2. The van der Waals surface area contributed by atoms with Gasteiger partial charge in [-0.05, 0) is 82.6 Å². The van der Waals surface area contributed by atoms with E-state index in [0.717, 1.165) is 18.4 Å². The van der Waals surface area contributed by atoms with Gasteiger partial charge in [0.1, 0.15) is 5.60 Å². The number of carboxylic acid groups (broad SMARTS) is 2. The van der Waals surface area contributed by atoms with E-state index in [1.54, 1.807) is 32.9 Å². The summed E-state index contributed by atoms with van der Waals surface area (Å²) >= 11 is 0. The number of rotatable bonds is 16. The van der Waals surface area contributed by atoms with E-state index in [4.69, 9.17) is 4.74 Å². The van der Waals surface area contributed by atoms with Crippen molar-refractivity contribution in [3.63, 3.8) is 0 Å². The van der Waals surface area contributed by atoms with Crippen LogP contribution in [0.3, 0.4) is 0 Å². The average Bonchev–Trinajstić information content (AvgIpc) is 2.89. The molecule has 2 atom stereocenters. The molecule has 2 aromatic carbocycles. The highest BCUT2D eigenvalue weighted by molar-refractivity contribution is 6.04. The van der Waals surface area contributed by atoms with E-state index in [0.29, 0.717) is 38.6 Å². The summed E-state index contributed by atoms with van der Waals surface area (Å²) in [6.07, 6.45) is 4.81. The Kier molecular flexibility index (Phi) is 12.8. The fourth-order valence-electron chi connectivity index (χ4n) is 4.59. The van der Waals surface area contributed by atoms with Crippen LogP contribution in [0.2, 0.25) is 0 Å². The van der Waals surface area contributed by atoms with Crippen molar-refractivity contribution in [2.45, 2.75) is 84.7 Å².